The van der Waals surface area contributed by atoms with Crippen LogP contribution in [-0.2, 0) is 7.05 Å². The van der Waals surface area contributed by atoms with Gasteiger partial charge in [-0.2, -0.15) is 0 Å². The van der Waals surface area contributed by atoms with E-state index in [2.05, 4.69) is 74.0 Å². The van der Waals surface area contributed by atoms with Gasteiger partial charge < -0.3 is 8.98 Å². The lowest BCUT2D eigenvalue weighted by atomic mass is 9.92. The van der Waals surface area contributed by atoms with Crippen molar-refractivity contribution in [1.29, 1.82) is 0 Å². The first-order valence-corrected chi connectivity index (χ1v) is 8.48. The largest absolute Gasteiger partial charge is 0.456 e. The first-order chi connectivity index (χ1) is 11.7. The molecule has 0 amide bonds. The molecule has 0 radical (unpaired) electrons. The fraction of sp³-hybridized carbons (Fsp3) is 0.182. The third kappa shape index (κ3) is 1.60. The lowest BCUT2D eigenvalue weighted by Gasteiger charge is -2.11. The molecule has 0 atom stereocenters. The van der Waals surface area contributed by atoms with E-state index >= 15 is 0 Å². The third-order valence-electron chi connectivity index (χ3n) is 5.16. The SMILES string of the molecule is CC(C)c1c2c(cc3c1c1ccccc1n3C)oc1ccccc12. The summed E-state index contributed by atoms with van der Waals surface area (Å²) in [5.74, 6) is 0.419. The van der Waals surface area contributed by atoms with Gasteiger partial charge in [0, 0.05) is 40.2 Å². The summed E-state index contributed by atoms with van der Waals surface area (Å²) in [6.07, 6.45) is 0. The van der Waals surface area contributed by atoms with E-state index in [0.717, 1.165) is 11.2 Å². The minimum atomic E-state index is 0.419. The van der Waals surface area contributed by atoms with Crippen molar-refractivity contribution in [2.75, 3.05) is 0 Å². The molecule has 0 saturated heterocycles. The minimum absolute atomic E-state index is 0.419. The lowest BCUT2D eigenvalue weighted by molar-refractivity contribution is 0.668. The zero-order chi connectivity index (χ0) is 16.4. The number of nitrogens with zero attached hydrogens (tertiary/aromatic N) is 1. The molecule has 2 heteroatoms. The monoisotopic (exact) mass is 313 g/mol. The molecule has 2 heterocycles. The van der Waals surface area contributed by atoms with E-state index in [-0.39, 0.29) is 0 Å². The molecule has 5 aromatic rings. The maximum absolute atomic E-state index is 6.19. The van der Waals surface area contributed by atoms with Crippen LogP contribution < -0.4 is 0 Å². The number of benzene rings is 3. The summed E-state index contributed by atoms with van der Waals surface area (Å²) in [6.45, 7) is 4.55. The number of hydrogen-bond acceptors (Lipinski definition) is 1. The molecule has 0 unspecified atom stereocenters. The van der Waals surface area contributed by atoms with Gasteiger partial charge in [0.25, 0.3) is 0 Å². The number of hydrogen-bond donors (Lipinski definition) is 0. The maximum Gasteiger partial charge on any atom is 0.137 e. The smallest absolute Gasteiger partial charge is 0.137 e. The van der Waals surface area contributed by atoms with E-state index in [1.807, 2.05) is 6.07 Å². The molecule has 2 aromatic heterocycles. The van der Waals surface area contributed by atoms with Gasteiger partial charge in [-0.05, 0) is 23.6 Å². The summed E-state index contributed by atoms with van der Waals surface area (Å²) in [7, 11) is 2.14. The normalized spacial score (nSPS) is 12.3. The Balaban J connectivity index is 2.15. The topological polar surface area (TPSA) is 18.1 Å². The van der Waals surface area contributed by atoms with Crippen LogP contribution in [0.2, 0.25) is 0 Å². The maximum atomic E-state index is 6.19. The van der Waals surface area contributed by atoms with Crippen molar-refractivity contribution < 1.29 is 4.42 Å². The second-order valence-electron chi connectivity index (χ2n) is 6.89. The van der Waals surface area contributed by atoms with Crippen molar-refractivity contribution in [2.45, 2.75) is 19.8 Å². The van der Waals surface area contributed by atoms with Gasteiger partial charge >= 0.3 is 0 Å². The summed E-state index contributed by atoms with van der Waals surface area (Å²) < 4.78 is 8.47. The predicted octanol–water partition coefficient (Wildman–Crippen LogP) is 6.35. The standard InChI is InChI=1S/C22H19NO/c1-13(2)20-21-14-8-4-6-10-16(14)23(3)17(21)12-19-22(20)15-9-5-7-11-18(15)24-19/h4-13H,1-3H3. The highest BCUT2D eigenvalue weighted by Crippen LogP contribution is 2.42. The van der Waals surface area contributed by atoms with Crippen LogP contribution in [0, 0.1) is 0 Å². The third-order valence-corrected chi connectivity index (χ3v) is 5.16. The first-order valence-electron chi connectivity index (χ1n) is 8.48. The van der Waals surface area contributed by atoms with E-state index in [0.29, 0.717) is 5.92 Å². The van der Waals surface area contributed by atoms with Gasteiger partial charge in [-0.3, -0.25) is 0 Å². The highest BCUT2D eigenvalue weighted by molar-refractivity contribution is 6.19. The van der Waals surface area contributed by atoms with Crippen LogP contribution in [0.3, 0.4) is 0 Å². The van der Waals surface area contributed by atoms with Crippen LogP contribution in [0.25, 0.3) is 43.7 Å². The Bertz CT molecular complexity index is 1240. The van der Waals surface area contributed by atoms with E-state index in [9.17, 15) is 0 Å². The van der Waals surface area contributed by atoms with Crippen LogP contribution in [0.5, 0.6) is 0 Å². The van der Waals surface area contributed by atoms with Crippen LogP contribution in [0.1, 0.15) is 25.3 Å². The second kappa shape index (κ2) is 4.64. The summed E-state index contributed by atoms with van der Waals surface area (Å²) in [5, 5.41) is 5.17. The van der Waals surface area contributed by atoms with Crippen LogP contribution in [0.4, 0.5) is 0 Å². The summed E-state index contributed by atoms with van der Waals surface area (Å²) in [6, 6.07) is 19.2. The molecular weight excluding hydrogens is 294 g/mol. The predicted molar refractivity (Wildman–Crippen MR) is 102 cm³/mol. The Morgan fingerprint density at radius 2 is 1.50 bits per heavy atom. The summed E-state index contributed by atoms with van der Waals surface area (Å²) in [4.78, 5) is 0. The van der Waals surface area contributed by atoms with Gasteiger partial charge in [0.1, 0.15) is 11.2 Å². The fourth-order valence-electron chi connectivity index (χ4n) is 4.14. The van der Waals surface area contributed by atoms with Crippen LogP contribution >= 0.6 is 0 Å². The van der Waals surface area contributed by atoms with Gasteiger partial charge in [-0.15, -0.1) is 0 Å². The molecule has 5 rings (SSSR count). The Morgan fingerprint density at radius 3 is 2.29 bits per heavy atom. The number of furan rings is 1. The molecule has 0 N–H and O–H groups in total. The average molecular weight is 313 g/mol. The summed E-state index contributed by atoms with van der Waals surface area (Å²) in [5.41, 5.74) is 5.86. The van der Waals surface area contributed by atoms with Gasteiger partial charge in [-0.25, -0.2) is 0 Å². The lowest BCUT2D eigenvalue weighted by Crippen LogP contribution is -1.92. The number of para-hydroxylation sites is 2. The van der Waals surface area contributed by atoms with Crippen molar-refractivity contribution in [3.05, 3.63) is 60.2 Å². The van der Waals surface area contributed by atoms with Gasteiger partial charge in [0.2, 0.25) is 0 Å². The van der Waals surface area contributed by atoms with E-state index in [1.165, 1.54) is 38.1 Å². The molecule has 0 fully saturated rings. The molecule has 0 saturated carbocycles. The van der Waals surface area contributed by atoms with Gasteiger partial charge in [-0.1, -0.05) is 50.2 Å². The van der Waals surface area contributed by atoms with Crippen molar-refractivity contribution in [2.24, 2.45) is 7.05 Å². The van der Waals surface area contributed by atoms with Gasteiger partial charge in [0.15, 0.2) is 0 Å². The zero-order valence-electron chi connectivity index (χ0n) is 14.1. The molecule has 0 spiro atoms. The Labute approximate surface area is 140 Å². The fourth-order valence-corrected chi connectivity index (χ4v) is 4.14. The Hall–Kier alpha value is -2.74. The quantitative estimate of drug-likeness (QED) is 0.352. The van der Waals surface area contributed by atoms with Crippen molar-refractivity contribution in [1.82, 2.24) is 4.57 Å². The molecule has 0 bridgehead atoms. The molecule has 24 heavy (non-hydrogen) atoms. The van der Waals surface area contributed by atoms with E-state index in [4.69, 9.17) is 4.42 Å². The van der Waals surface area contributed by atoms with Crippen LogP contribution in [0.15, 0.2) is 59.0 Å². The molecule has 118 valence electrons. The number of rotatable bonds is 1. The zero-order valence-corrected chi connectivity index (χ0v) is 14.1. The molecule has 0 aliphatic carbocycles. The van der Waals surface area contributed by atoms with Crippen molar-refractivity contribution in [3.63, 3.8) is 0 Å². The number of aryl methyl sites for hydroxylation is 1. The highest BCUT2D eigenvalue weighted by atomic mass is 16.3. The molecule has 3 aromatic carbocycles. The molecule has 0 aliphatic heterocycles. The highest BCUT2D eigenvalue weighted by Gasteiger charge is 2.20. The minimum Gasteiger partial charge on any atom is -0.456 e. The number of fused-ring (bicyclic) bond motifs is 6. The second-order valence-corrected chi connectivity index (χ2v) is 6.89. The Morgan fingerprint density at radius 1 is 0.792 bits per heavy atom. The molecular formula is C22H19NO. The molecule has 0 aliphatic rings. The molecule has 2 nitrogen and oxygen atoms in total. The van der Waals surface area contributed by atoms with Crippen LogP contribution in [-0.4, -0.2) is 4.57 Å². The first kappa shape index (κ1) is 13.7. The number of aromatic nitrogens is 1. The van der Waals surface area contributed by atoms with Crippen molar-refractivity contribution >= 4 is 43.7 Å². The van der Waals surface area contributed by atoms with E-state index in [1.54, 1.807) is 0 Å². The average Bonchev–Trinajstić information content (AvgIpc) is 3.09. The Kier molecular flexibility index (Phi) is 2.64. The summed E-state index contributed by atoms with van der Waals surface area (Å²) >= 11 is 0. The van der Waals surface area contributed by atoms with Crippen molar-refractivity contribution in [3.8, 4) is 0 Å². The van der Waals surface area contributed by atoms with E-state index < -0.39 is 0 Å². The van der Waals surface area contributed by atoms with Gasteiger partial charge in [0.05, 0.1) is 5.52 Å².